The number of nitrogens with zero attached hydrogens (tertiary/aromatic N) is 1. The summed E-state index contributed by atoms with van der Waals surface area (Å²) in [5.74, 6) is 0.948. The van der Waals surface area contributed by atoms with Gasteiger partial charge in [-0.05, 0) is 36.8 Å². The van der Waals surface area contributed by atoms with Crippen LogP contribution in [0, 0.1) is 6.92 Å². The number of benzene rings is 2. The van der Waals surface area contributed by atoms with E-state index in [1.54, 1.807) is 19.2 Å². The van der Waals surface area contributed by atoms with E-state index < -0.39 is 10.1 Å². The third kappa shape index (κ3) is 8.67. The lowest BCUT2D eigenvalue weighted by Crippen LogP contribution is -2.36. The van der Waals surface area contributed by atoms with E-state index in [1.807, 2.05) is 19.1 Å². The quantitative estimate of drug-likeness (QED) is 0.604. The second-order valence-corrected chi connectivity index (χ2v) is 8.26. The Labute approximate surface area is 151 Å². The Bertz CT molecular complexity index is 763. The lowest BCUT2D eigenvalue weighted by Gasteiger charge is -2.23. The normalized spacial score (nSPS) is 11.4. The van der Waals surface area contributed by atoms with Gasteiger partial charge in [-0.3, -0.25) is 0 Å². The van der Waals surface area contributed by atoms with Gasteiger partial charge in [0.15, 0.2) is 0 Å². The van der Waals surface area contributed by atoms with Crippen molar-refractivity contribution in [2.75, 3.05) is 34.8 Å². The molecule has 0 fully saturated rings. The van der Waals surface area contributed by atoms with Crippen LogP contribution in [0.4, 0.5) is 0 Å². The number of rotatable bonds is 5. The number of hydrogen-bond acceptors (Lipinski definition) is 4. The summed E-state index contributed by atoms with van der Waals surface area (Å²) in [7, 11) is 4.06. The highest BCUT2D eigenvalue weighted by Gasteiger charge is 2.07. The van der Waals surface area contributed by atoms with Gasteiger partial charge in [0.05, 0.1) is 39.7 Å². The van der Waals surface area contributed by atoms with Gasteiger partial charge in [-0.15, -0.1) is 0 Å². The molecule has 2 rings (SSSR count). The average molecular weight is 365 g/mol. The van der Waals surface area contributed by atoms with Gasteiger partial charge in [-0.1, -0.05) is 29.8 Å². The SMILES string of the molecule is COc1cccc(CC[N+](C)(C)C)c1.Cc1ccc(S(=O)(=O)[O-])cc1. The topological polar surface area (TPSA) is 66.4 Å². The van der Waals surface area contributed by atoms with Crippen molar-refractivity contribution in [1.29, 1.82) is 0 Å². The zero-order valence-corrected chi connectivity index (χ0v) is 16.3. The van der Waals surface area contributed by atoms with Crippen LogP contribution in [0.3, 0.4) is 0 Å². The third-order valence-electron chi connectivity index (χ3n) is 3.52. The minimum absolute atomic E-state index is 0.178. The first-order chi connectivity index (χ1) is 11.5. The molecule has 0 atom stereocenters. The Morgan fingerprint density at radius 2 is 1.64 bits per heavy atom. The molecule has 0 aliphatic rings. The Hall–Kier alpha value is -1.89. The molecule has 0 saturated heterocycles. The number of aryl methyl sites for hydroxylation is 1. The number of ether oxygens (including phenoxy) is 1. The van der Waals surface area contributed by atoms with Crippen LogP contribution < -0.4 is 4.74 Å². The summed E-state index contributed by atoms with van der Waals surface area (Å²) < 4.78 is 37.3. The Balaban J connectivity index is 0.000000257. The maximum Gasteiger partial charge on any atom is 0.124 e. The number of hydrogen-bond donors (Lipinski definition) is 0. The second-order valence-electron chi connectivity index (χ2n) is 6.88. The molecule has 0 bridgehead atoms. The molecule has 0 aromatic heterocycles. The zero-order valence-electron chi connectivity index (χ0n) is 15.5. The van der Waals surface area contributed by atoms with Crippen LogP contribution in [0.25, 0.3) is 0 Å². The fourth-order valence-corrected chi connectivity index (χ4v) is 2.47. The monoisotopic (exact) mass is 365 g/mol. The molecule has 0 N–H and O–H groups in total. The summed E-state index contributed by atoms with van der Waals surface area (Å²) >= 11 is 0. The second kappa shape index (κ2) is 8.99. The van der Waals surface area contributed by atoms with Gasteiger partial charge in [-0.2, -0.15) is 0 Å². The molecule has 0 unspecified atom stereocenters. The van der Waals surface area contributed by atoms with Gasteiger partial charge in [0, 0.05) is 6.42 Å². The first-order valence-electron chi connectivity index (χ1n) is 7.97. The van der Waals surface area contributed by atoms with Crippen LogP contribution in [0.15, 0.2) is 53.4 Å². The smallest absolute Gasteiger partial charge is 0.124 e. The van der Waals surface area contributed by atoms with Crippen molar-refractivity contribution in [2.24, 2.45) is 0 Å². The predicted octanol–water partition coefficient (Wildman–Crippen LogP) is 2.84. The molecule has 25 heavy (non-hydrogen) atoms. The minimum Gasteiger partial charge on any atom is -0.744 e. The predicted molar refractivity (Wildman–Crippen MR) is 98.7 cm³/mol. The highest BCUT2D eigenvalue weighted by atomic mass is 32.2. The molecular weight excluding hydrogens is 338 g/mol. The zero-order chi connectivity index (χ0) is 19.1. The van der Waals surface area contributed by atoms with E-state index in [2.05, 4.69) is 33.3 Å². The van der Waals surface area contributed by atoms with Crippen LogP contribution in [0.5, 0.6) is 5.75 Å². The van der Waals surface area contributed by atoms with Gasteiger partial charge in [0.25, 0.3) is 0 Å². The van der Waals surface area contributed by atoms with Crippen molar-refractivity contribution < 1.29 is 22.2 Å². The molecule has 138 valence electrons. The fourth-order valence-electron chi connectivity index (χ4n) is 2.00. The van der Waals surface area contributed by atoms with Gasteiger partial charge in [0.1, 0.15) is 15.9 Å². The maximum atomic E-state index is 10.4. The first-order valence-corrected chi connectivity index (χ1v) is 9.38. The summed E-state index contributed by atoms with van der Waals surface area (Å²) in [6, 6.07) is 14.1. The summed E-state index contributed by atoms with van der Waals surface area (Å²) in [6.07, 6.45) is 1.10. The highest BCUT2D eigenvalue weighted by molar-refractivity contribution is 7.85. The largest absolute Gasteiger partial charge is 0.744 e. The van der Waals surface area contributed by atoms with Crippen LogP contribution >= 0.6 is 0 Å². The molecule has 5 nitrogen and oxygen atoms in total. The Morgan fingerprint density at radius 1 is 1.04 bits per heavy atom. The summed E-state index contributed by atoms with van der Waals surface area (Å²) in [6.45, 7) is 2.97. The van der Waals surface area contributed by atoms with Crippen molar-refractivity contribution in [3.8, 4) is 5.75 Å². The van der Waals surface area contributed by atoms with Crippen LogP contribution in [0.2, 0.25) is 0 Å². The molecule has 0 saturated carbocycles. The average Bonchev–Trinajstić information content (AvgIpc) is 2.53. The molecule has 0 spiro atoms. The molecule has 2 aromatic carbocycles. The summed E-state index contributed by atoms with van der Waals surface area (Å²) in [5.41, 5.74) is 2.27. The van der Waals surface area contributed by atoms with Crippen molar-refractivity contribution in [2.45, 2.75) is 18.2 Å². The molecule has 0 radical (unpaired) electrons. The van der Waals surface area contributed by atoms with Crippen molar-refractivity contribution in [3.63, 3.8) is 0 Å². The summed E-state index contributed by atoms with van der Waals surface area (Å²) in [4.78, 5) is -0.178. The van der Waals surface area contributed by atoms with Crippen LogP contribution in [-0.2, 0) is 16.5 Å². The van der Waals surface area contributed by atoms with E-state index in [-0.39, 0.29) is 4.90 Å². The van der Waals surface area contributed by atoms with E-state index in [9.17, 15) is 13.0 Å². The molecule has 0 amide bonds. The highest BCUT2D eigenvalue weighted by Crippen LogP contribution is 2.13. The van der Waals surface area contributed by atoms with E-state index in [1.165, 1.54) is 17.7 Å². The van der Waals surface area contributed by atoms with Gasteiger partial charge in [0.2, 0.25) is 0 Å². The van der Waals surface area contributed by atoms with E-state index in [0.29, 0.717) is 0 Å². The van der Waals surface area contributed by atoms with E-state index in [0.717, 1.165) is 28.8 Å². The molecule has 6 heteroatoms. The number of quaternary nitrogens is 1. The summed E-state index contributed by atoms with van der Waals surface area (Å²) in [5, 5.41) is 0. The molecule has 0 aliphatic heterocycles. The van der Waals surface area contributed by atoms with Crippen LogP contribution in [-0.4, -0.2) is 52.3 Å². The van der Waals surface area contributed by atoms with Crippen molar-refractivity contribution in [1.82, 2.24) is 0 Å². The van der Waals surface area contributed by atoms with Gasteiger partial charge >= 0.3 is 0 Å². The van der Waals surface area contributed by atoms with Gasteiger partial charge < -0.3 is 13.8 Å². The van der Waals surface area contributed by atoms with E-state index >= 15 is 0 Å². The molecule has 2 aromatic rings. The molecular formula is C19H27NO4S. The fraction of sp³-hybridized carbons (Fsp3) is 0.368. The van der Waals surface area contributed by atoms with Crippen LogP contribution in [0.1, 0.15) is 11.1 Å². The van der Waals surface area contributed by atoms with Gasteiger partial charge in [-0.25, -0.2) is 8.42 Å². The van der Waals surface area contributed by atoms with Crippen molar-refractivity contribution in [3.05, 3.63) is 59.7 Å². The number of methoxy groups -OCH3 is 1. The molecule has 0 heterocycles. The van der Waals surface area contributed by atoms with E-state index in [4.69, 9.17) is 4.74 Å². The Morgan fingerprint density at radius 3 is 2.12 bits per heavy atom. The third-order valence-corrected chi connectivity index (χ3v) is 4.36. The van der Waals surface area contributed by atoms with Crippen molar-refractivity contribution >= 4 is 10.1 Å². The lowest BCUT2D eigenvalue weighted by atomic mass is 10.1. The standard InChI is InChI=1S/C12H20NO.C7H8O3S/c1-13(2,3)9-8-11-6-5-7-12(10-11)14-4;1-6-2-4-7(5-3-6)11(8,9)10/h5-7,10H,8-9H2,1-4H3;2-5H,1H3,(H,8,9,10)/q+1;/p-1. The maximum absolute atomic E-state index is 10.4. The minimum atomic E-state index is -4.27. The molecule has 0 aliphatic carbocycles. The Kier molecular flexibility index (Phi) is 7.60. The lowest BCUT2D eigenvalue weighted by molar-refractivity contribution is -0.870. The number of likely N-dealkylation sites (N-methyl/N-ethyl adjacent to an activating group) is 1. The first kappa shape index (κ1) is 21.2.